The summed E-state index contributed by atoms with van der Waals surface area (Å²) < 4.78 is 2.08. The lowest BCUT2D eigenvalue weighted by molar-refractivity contribution is 0.0815. The van der Waals surface area contributed by atoms with Crippen LogP contribution in [0.15, 0.2) is 60.9 Å². The lowest BCUT2D eigenvalue weighted by Gasteiger charge is -2.41. The van der Waals surface area contributed by atoms with Gasteiger partial charge in [-0.2, -0.15) is 5.10 Å². The van der Waals surface area contributed by atoms with Gasteiger partial charge in [-0.3, -0.25) is 9.69 Å². The number of benzene rings is 2. The molecule has 0 unspecified atom stereocenters. The minimum absolute atomic E-state index is 0.00231. The molecule has 6 rings (SSSR count). The van der Waals surface area contributed by atoms with Gasteiger partial charge in [-0.25, -0.2) is 14.6 Å². The van der Waals surface area contributed by atoms with Crippen molar-refractivity contribution < 1.29 is 4.79 Å². The largest absolute Gasteiger partial charge is 0.383 e. The van der Waals surface area contributed by atoms with E-state index in [4.69, 9.17) is 10.8 Å². The maximum Gasteiger partial charge on any atom is 0.193 e. The maximum absolute atomic E-state index is 12.9. The normalized spacial score (nSPS) is 21.3. The Morgan fingerprint density at radius 2 is 1.49 bits per heavy atom. The van der Waals surface area contributed by atoms with Crippen molar-refractivity contribution in [2.45, 2.75) is 37.8 Å². The number of carbonyl (C=O) groups is 1. The molecule has 1 aliphatic heterocycles. The number of likely N-dealkylation sites (N-methyl/N-ethyl adjacent to an activating group) is 1. The molecular formula is C29H33N7O. The van der Waals surface area contributed by atoms with Crippen molar-refractivity contribution >= 4 is 22.6 Å². The third kappa shape index (κ3) is 4.63. The predicted octanol–water partition coefficient (Wildman–Crippen LogP) is 4.04. The number of hydrogen-bond acceptors (Lipinski definition) is 7. The van der Waals surface area contributed by atoms with Gasteiger partial charge in [-0.15, -0.1) is 0 Å². The van der Waals surface area contributed by atoms with Crippen molar-refractivity contribution in [3.8, 4) is 11.3 Å². The molecule has 2 fully saturated rings. The number of nitrogens with two attached hydrogens (primary N) is 1. The Labute approximate surface area is 217 Å². The smallest absolute Gasteiger partial charge is 0.193 e. The molecule has 8 nitrogen and oxygen atoms in total. The fraction of sp³-hybridized carbons (Fsp3) is 0.379. The summed E-state index contributed by atoms with van der Waals surface area (Å²) in [6, 6.07) is 17.9. The van der Waals surface area contributed by atoms with Crippen LogP contribution in [0.5, 0.6) is 0 Å². The third-order valence-electron chi connectivity index (χ3n) is 8.04. The SMILES string of the molecule is CN1CCN([C@H]2CC[C@@H](n3nc(-c4ccc(C(=O)c5ccccc5)cc4)c4c(N)ncnc43)CC2)CC1. The highest BCUT2D eigenvalue weighted by atomic mass is 16.1. The Bertz CT molecular complexity index is 1380. The van der Waals surface area contributed by atoms with Gasteiger partial charge in [0.05, 0.1) is 11.4 Å². The van der Waals surface area contributed by atoms with Crippen molar-refractivity contribution in [3.63, 3.8) is 0 Å². The number of ketones is 1. The Morgan fingerprint density at radius 3 is 2.19 bits per heavy atom. The summed E-state index contributed by atoms with van der Waals surface area (Å²) in [5.74, 6) is 0.435. The van der Waals surface area contributed by atoms with Gasteiger partial charge in [0.1, 0.15) is 17.8 Å². The topological polar surface area (TPSA) is 93.2 Å². The van der Waals surface area contributed by atoms with Crippen LogP contribution in [0.4, 0.5) is 5.82 Å². The highest BCUT2D eigenvalue weighted by Crippen LogP contribution is 2.37. The van der Waals surface area contributed by atoms with E-state index in [1.54, 1.807) is 0 Å². The third-order valence-corrected chi connectivity index (χ3v) is 8.04. The van der Waals surface area contributed by atoms with Gasteiger partial charge in [-0.1, -0.05) is 54.6 Å². The standard InChI is InChI=1S/C29H33N7O/c1-34-15-17-35(18-16-34)23-11-13-24(14-12-23)36-29-25(28(30)31-19-32-29)26(33-36)20-7-9-22(10-8-20)27(37)21-5-3-2-4-6-21/h2-10,19,23-24H,11-18H2,1H3,(H2,30,31,32)/t23-,24+. The first kappa shape index (κ1) is 23.8. The van der Waals surface area contributed by atoms with Crippen LogP contribution in [0.25, 0.3) is 22.3 Å². The first-order valence-electron chi connectivity index (χ1n) is 13.2. The maximum atomic E-state index is 12.9. The number of rotatable bonds is 5. The summed E-state index contributed by atoms with van der Waals surface area (Å²) in [6.45, 7) is 4.62. The summed E-state index contributed by atoms with van der Waals surface area (Å²) in [6.07, 6.45) is 6.00. The molecule has 1 saturated heterocycles. The second kappa shape index (κ2) is 10.0. The molecule has 2 aliphatic rings. The second-order valence-corrected chi connectivity index (χ2v) is 10.3. The molecule has 2 aromatic carbocycles. The van der Waals surface area contributed by atoms with Crippen molar-refractivity contribution in [3.05, 3.63) is 72.1 Å². The number of nitrogen functional groups attached to an aromatic ring is 1. The van der Waals surface area contributed by atoms with Crippen LogP contribution < -0.4 is 5.73 Å². The number of aromatic nitrogens is 4. The van der Waals surface area contributed by atoms with Gasteiger partial charge in [0, 0.05) is 48.9 Å². The zero-order valence-electron chi connectivity index (χ0n) is 21.3. The molecule has 1 aliphatic carbocycles. The predicted molar refractivity (Wildman–Crippen MR) is 145 cm³/mol. The van der Waals surface area contributed by atoms with E-state index >= 15 is 0 Å². The molecule has 0 atom stereocenters. The van der Waals surface area contributed by atoms with Gasteiger partial charge in [-0.05, 0) is 32.7 Å². The Balaban J connectivity index is 1.26. The number of piperazine rings is 1. The summed E-state index contributed by atoms with van der Waals surface area (Å²) in [4.78, 5) is 26.8. The van der Waals surface area contributed by atoms with E-state index in [1.807, 2.05) is 54.6 Å². The Morgan fingerprint density at radius 1 is 0.838 bits per heavy atom. The van der Waals surface area contributed by atoms with Gasteiger partial charge >= 0.3 is 0 Å². The molecular weight excluding hydrogens is 462 g/mol. The first-order chi connectivity index (χ1) is 18.1. The van der Waals surface area contributed by atoms with Crippen LogP contribution in [-0.2, 0) is 0 Å². The minimum Gasteiger partial charge on any atom is -0.383 e. The number of fused-ring (bicyclic) bond motifs is 1. The van der Waals surface area contributed by atoms with Crippen LogP contribution in [-0.4, -0.2) is 74.6 Å². The lowest BCUT2D eigenvalue weighted by atomic mass is 9.90. The van der Waals surface area contributed by atoms with Crippen molar-refractivity contribution in [1.29, 1.82) is 0 Å². The summed E-state index contributed by atoms with van der Waals surface area (Å²) in [7, 11) is 2.21. The minimum atomic E-state index is 0.00231. The molecule has 3 heterocycles. The number of nitrogens with zero attached hydrogens (tertiary/aromatic N) is 6. The van der Waals surface area contributed by atoms with Crippen LogP contribution in [0.3, 0.4) is 0 Å². The molecule has 37 heavy (non-hydrogen) atoms. The van der Waals surface area contributed by atoms with Crippen LogP contribution >= 0.6 is 0 Å². The number of hydrogen-bond donors (Lipinski definition) is 1. The van der Waals surface area contributed by atoms with Gasteiger partial charge in [0.15, 0.2) is 11.4 Å². The molecule has 2 N–H and O–H groups in total. The number of anilines is 1. The molecule has 190 valence electrons. The van der Waals surface area contributed by atoms with Crippen LogP contribution in [0.1, 0.15) is 47.6 Å². The monoisotopic (exact) mass is 495 g/mol. The van der Waals surface area contributed by atoms with E-state index in [0.29, 0.717) is 23.0 Å². The highest BCUT2D eigenvalue weighted by molar-refractivity contribution is 6.09. The van der Waals surface area contributed by atoms with Gasteiger partial charge < -0.3 is 10.6 Å². The summed E-state index contributed by atoms with van der Waals surface area (Å²) in [5, 5.41) is 5.84. The van der Waals surface area contributed by atoms with Crippen LogP contribution in [0, 0.1) is 0 Å². The average Bonchev–Trinajstić information content (AvgIpc) is 3.35. The lowest BCUT2D eigenvalue weighted by Crippen LogP contribution is -2.49. The highest BCUT2D eigenvalue weighted by Gasteiger charge is 2.30. The first-order valence-corrected chi connectivity index (χ1v) is 13.2. The van der Waals surface area contributed by atoms with E-state index in [1.165, 1.54) is 19.2 Å². The quantitative estimate of drug-likeness (QED) is 0.418. The molecule has 2 aromatic heterocycles. The number of carbonyl (C=O) groups excluding carboxylic acids is 1. The Hall–Kier alpha value is -3.62. The summed E-state index contributed by atoms with van der Waals surface area (Å²) >= 11 is 0. The van der Waals surface area contributed by atoms with Crippen molar-refractivity contribution in [1.82, 2.24) is 29.5 Å². The fourth-order valence-electron chi connectivity index (χ4n) is 5.84. The summed E-state index contributed by atoms with van der Waals surface area (Å²) in [5.41, 5.74) is 10.1. The molecule has 4 aromatic rings. The molecule has 0 bridgehead atoms. The fourth-order valence-corrected chi connectivity index (χ4v) is 5.84. The molecule has 0 spiro atoms. The van der Waals surface area contributed by atoms with E-state index in [9.17, 15) is 4.79 Å². The van der Waals surface area contributed by atoms with Gasteiger partial charge in [0.25, 0.3) is 0 Å². The van der Waals surface area contributed by atoms with E-state index in [2.05, 4.69) is 31.5 Å². The van der Waals surface area contributed by atoms with E-state index in [0.717, 1.165) is 61.3 Å². The molecule has 1 saturated carbocycles. The van der Waals surface area contributed by atoms with Gasteiger partial charge in [0.2, 0.25) is 0 Å². The van der Waals surface area contributed by atoms with Crippen molar-refractivity contribution in [2.75, 3.05) is 39.0 Å². The average molecular weight is 496 g/mol. The molecule has 8 heteroatoms. The molecule has 0 radical (unpaired) electrons. The van der Waals surface area contributed by atoms with E-state index < -0.39 is 0 Å². The second-order valence-electron chi connectivity index (χ2n) is 10.3. The zero-order valence-corrected chi connectivity index (χ0v) is 21.3. The van der Waals surface area contributed by atoms with Crippen molar-refractivity contribution in [2.24, 2.45) is 0 Å². The molecule has 0 amide bonds. The van der Waals surface area contributed by atoms with E-state index in [-0.39, 0.29) is 11.8 Å². The van der Waals surface area contributed by atoms with Crippen LogP contribution in [0.2, 0.25) is 0 Å². The Kier molecular flexibility index (Phi) is 6.44. The zero-order chi connectivity index (χ0) is 25.4.